The van der Waals surface area contributed by atoms with Crippen LogP contribution in [-0.2, 0) is 27.7 Å². The molecule has 0 atom stereocenters. The van der Waals surface area contributed by atoms with E-state index in [0.29, 0.717) is 49.1 Å². The van der Waals surface area contributed by atoms with E-state index < -0.39 is 10.0 Å². The summed E-state index contributed by atoms with van der Waals surface area (Å²) in [6.45, 7) is 4.43. The van der Waals surface area contributed by atoms with Gasteiger partial charge >= 0.3 is 0 Å². The van der Waals surface area contributed by atoms with Crippen molar-refractivity contribution >= 4 is 21.6 Å². The molecule has 7 nitrogen and oxygen atoms in total. The molecule has 32 heavy (non-hydrogen) atoms. The number of hydrogen-bond donors (Lipinski definition) is 1. The molecule has 172 valence electrons. The molecule has 1 N–H and O–H groups in total. The monoisotopic (exact) mass is 457 g/mol. The minimum atomic E-state index is -3.52. The lowest BCUT2D eigenvalue weighted by molar-refractivity contribution is -0.117. The highest BCUT2D eigenvalue weighted by atomic mass is 32.2. The summed E-state index contributed by atoms with van der Waals surface area (Å²) >= 11 is 0. The van der Waals surface area contributed by atoms with Crippen LogP contribution in [0.2, 0.25) is 0 Å². The summed E-state index contributed by atoms with van der Waals surface area (Å²) in [6.07, 6.45) is 4.28. The average Bonchev–Trinajstić information content (AvgIpc) is 2.80. The fraction of sp³-hybridized carbons (Fsp3) is 0.458. The van der Waals surface area contributed by atoms with E-state index in [4.69, 9.17) is 4.74 Å². The van der Waals surface area contributed by atoms with Gasteiger partial charge in [-0.3, -0.25) is 9.69 Å². The van der Waals surface area contributed by atoms with Gasteiger partial charge in [0.25, 0.3) is 0 Å². The second-order valence-electron chi connectivity index (χ2n) is 8.30. The number of benzene rings is 2. The molecule has 8 heteroatoms. The van der Waals surface area contributed by atoms with Crippen molar-refractivity contribution in [2.45, 2.75) is 37.5 Å². The van der Waals surface area contributed by atoms with Gasteiger partial charge in [-0.25, -0.2) is 8.42 Å². The summed E-state index contributed by atoms with van der Waals surface area (Å²) in [6, 6.07) is 12.9. The number of para-hydroxylation sites is 2. The smallest absolute Gasteiger partial charge is 0.243 e. The Bertz CT molecular complexity index is 1060. The zero-order valence-electron chi connectivity index (χ0n) is 18.5. The van der Waals surface area contributed by atoms with E-state index in [9.17, 15) is 13.2 Å². The van der Waals surface area contributed by atoms with Gasteiger partial charge in [0.15, 0.2) is 0 Å². The molecule has 0 bridgehead atoms. The normalized spacial score (nSPS) is 17.5. The number of aryl methyl sites for hydroxylation is 2. The first-order chi connectivity index (χ1) is 15.5. The number of sulfonamides is 1. The van der Waals surface area contributed by atoms with E-state index >= 15 is 0 Å². The minimum Gasteiger partial charge on any atom is -0.492 e. The third-order valence-corrected chi connectivity index (χ3v) is 8.01. The van der Waals surface area contributed by atoms with E-state index in [0.717, 1.165) is 19.3 Å². The summed E-state index contributed by atoms with van der Waals surface area (Å²) in [5.74, 6) is 0.507. The fourth-order valence-corrected chi connectivity index (χ4v) is 5.86. The number of carbonyl (C=O) groups excluding carboxylic acids is 1. The van der Waals surface area contributed by atoms with E-state index in [2.05, 4.69) is 5.32 Å². The Morgan fingerprint density at radius 3 is 2.47 bits per heavy atom. The van der Waals surface area contributed by atoms with Crippen molar-refractivity contribution in [1.29, 1.82) is 0 Å². The molecular formula is C24H31N3O4S. The number of ether oxygens (including phenoxy) is 1. The maximum Gasteiger partial charge on any atom is 0.243 e. The number of piperazine rings is 1. The molecule has 2 aromatic rings. The van der Waals surface area contributed by atoms with Gasteiger partial charge in [0.05, 0.1) is 23.7 Å². The third-order valence-electron chi connectivity index (χ3n) is 6.12. The number of nitrogens with zero attached hydrogens (tertiary/aromatic N) is 2. The number of anilines is 1. The Kier molecular flexibility index (Phi) is 7.13. The number of amides is 1. The SMILES string of the molecule is CCOc1ccccc1NC(=O)CN1CCN(S(=O)(=O)c2ccc3c(c2)CCCC3)CC1. The first kappa shape index (κ1) is 22.8. The molecule has 0 saturated carbocycles. The Morgan fingerprint density at radius 2 is 1.72 bits per heavy atom. The fourth-order valence-electron chi connectivity index (χ4n) is 4.39. The zero-order chi connectivity index (χ0) is 22.6. The second-order valence-corrected chi connectivity index (χ2v) is 10.2. The first-order valence-corrected chi connectivity index (χ1v) is 12.8. The summed E-state index contributed by atoms with van der Waals surface area (Å²) in [4.78, 5) is 14.9. The maximum atomic E-state index is 13.2. The van der Waals surface area contributed by atoms with E-state index in [-0.39, 0.29) is 12.5 Å². The van der Waals surface area contributed by atoms with E-state index in [1.807, 2.05) is 48.2 Å². The lowest BCUT2D eigenvalue weighted by atomic mass is 9.92. The highest BCUT2D eigenvalue weighted by molar-refractivity contribution is 7.89. The van der Waals surface area contributed by atoms with Crippen molar-refractivity contribution < 1.29 is 17.9 Å². The average molecular weight is 458 g/mol. The van der Waals surface area contributed by atoms with Crippen molar-refractivity contribution in [2.24, 2.45) is 0 Å². The second kappa shape index (κ2) is 10.0. The molecule has 0 spiro atoms. The van der Waals surface area contributed by atoms with Crippen LogP contribution in [0.25, 0.3) is 0 Å². The zero-order valence-corrected chi connectivity index (χ0v) is 19.4. The number of fused-ring (bicyclic) bond motifs is 1. The molecule has 1 saturated heterocycles. The first-order valence-electron chi connectivity index (χ1n) is 11.3. The maximum absolute atomic E-state index is 13.2. The van der Waals surface area contributed by atoms with Crippen molar-refractivity contribution in [3.63, 3.8) is 0 Å². The van der Waals surface area contributed by atoms with Crippen LogP contribution in [-0.4, -0.2) is 62.9 Å². The van der Waals surface area contributed by atoms with Crippen LogP contribution in [0.3, 0.4) is 0 Å². The van der Waals surface area contributed by atoms with Gasteiger partial charge in [0.1, 0.15) is 5.75 Å². The minimum absolute atomic E-state index is 0.136. The number of nitrogens with one attached hydrogen (secondary N) is 1. The largest absolute Gasteiger partial charge is 0.492 e. The van der Waals surface area contributed by atoms with E-state index in [1.54, 1.807) is 6.07 Å². The standard InChI is InChI=1S/C24H31N3O4S/c1-2-31-23-10-6-5-9-22(23)25-24(28)18-26-13-15-27(16-14-26)32(29,30)21-12-11-19-7-3-4-8-20(19)17-21/h5-6,9-12,17H,2-4,7-8,13-16,18H2,1H3,(H,25,28). The third kappa shape index (κ3) is 5.14. The van der Waals surface area contributed by atoms with Crippen molar-refractivity contribution in [3.8, 4) is 5.75 Å². The number of rotatable bonds is 7. The summed E-state index contributed by atoms with van der Waals surface area (Å²) in [5.41, 5.74) is 3.09. The van der Waals surface area contributed by atoms with Gasteiger partial charge < -0.3 is 10.1 Å². The van der Waals surface area contributed by atoms with Gasteiger partial charge in [-0.05, 0) is 68.0 Å². The highest BCUT2D eigenvalue weighted by Gasteiger charge is 2.29. The molecule has 1 aliphatic carbocycles. The lowest BCUT2D eigenvalue weighted by Crippen LogP contribution is -2.50. The molecule has 0 radical (unpaired) electrons. The number of carbonyl (C=O) groups is 1. The van der Waals surface area contributed by atoms with Gasteiger partial charge in [-0.1, -0.05) is 18.2 Å². The Morgan fingerprint density at radius 1 is 1.00 bits per heavy atom. The van der Waals surface area contributed by atoms with E-state index in [1.165, 1.54) is 21.9 Å². The van der Waals surface area contributed by atoms with Gasteiger partial charge in [0, 0.05) is 26.2 Å². The van der Waals surface area contributed by atoms with Gasteiger partial charge in [-0.15, -0.1) is 0 Å². The predicted octanol–water partition coefficient (Wildman–Crippen LogP) is 2.91. The highest BCUT2D eigenvalue weighted by Crippen LogP contribution is 2.26. The Hall–Kier alpha value is -2.42. The molecule has 1 fully saturated rings. The van der Waals surface area contributed by atoms with Gasteiger partial charge in [0.2, 0.25) is 15.9 Å². The van der Waals surface area contributed by atoms with Crippen LogP contribution in [0.1, 0.15) is 30.9 Å². The molecule has 0 unspecified atom stereocenters. The van der Waals surface area contributed by atoms with Crippen LogP contribution in [0.5, 0.6) is 5.75 Å². The van der Waals surface area contributed by atoms with Crippen LogP contribution in [0, 0.1) is 0 Å². The molecule has 1 amide bonds. The van der Waals surface area contributed by atoms with Crippen LogP contribution < -0.4 is 10.1 Å². The Labute approximate surface area is 190 Å². The van der Waals surface area contributed by atoms with Crippen molar-refractivity contribution in [3.05, 3.63) is 53.6 Å². The van der Waals surface area contributed by atoms with Crippen LogP contribution in [0.4, 0.5) is 5.69 Å². The van der Waals surface area contributed by atoms with Crippen LogP contribution >= 0.6 is 0 Å². The molecule has 1 heterocycles. The molecule has 0 aromatic heterocycles. The quantitative estimate of drug-likeness (QED) is 0.692. The van der Waals surface area contributed by atoms with Crippen molar-refractivity contribution in [1.82, 2.24) is 9.21 Å². The molecule has 1 aliphatic heterocycles. The lowest BCUT2D eigenvalue weighted by Gasteiger charge is -2.33. The van der Waals surface area contributed by atoms with Gasteiger partial charge in [-0.2, -0.15) is 4.31 Å². The summed E-state index contributed by atoms with van der Waals surface area (Å²) in [7, 11) is -3.52. The predicted molar refractivity (Wildman–Crippen MR) is 125 cm³/mol. The van der Waals surface area contributed by atoms with Crippen molar-refractivity contribution in [2.75, 3.05) is 44.6 Å². The van der Waals surface area contributed by atoms with Crippen LogP contribution in [0.15, 0.2) is 47.4 Å². The molecular weight excluding hydrogens is 426 g/mol. The summed E-state index contributed by atoms with van der Waals surface area (Å²) in [5, 5.41) is 2.90. The summed E-state index contributed by atoms with van der Waals surface area (Å²) < 4.78 is 33.4. The Balaban J connectivity index is 1.33. The number of hydrogen-bond acceptors (Lipinski definition) is 5. The molecule has 2 aromatic carbocycles. The topological polar surface area (TPSA) is 79.0 Å². The molecule has 2 aliphatic rings. The molecule has 4 rings (SSSR count).